The van der Waals surface area contributed by atoms with Crippen molar-refractivity contribution in [3.63, 3.8) is 0 Å². The molecule has 1 rings (SSSR count). The summed E-state index contributed by atoms with van der Waals surface area (Å²) in [5, 5.41) is 10.3. The molecule has 130 valence electrons. The minimum Gasteiger partial charge on any atom is -0.467 e. The quantitative estimate of drug-likeness (QED) is 0.486. The molecular weight excluding hydrogens is 316 g/mol. The van der Waals surface area contributed by atoms with Crippen molar-refractivity contribution in [1.82, 2.24) is 0 Å². The summed E-state index contributed by atoms with van der Waals surface area (Å²) in [5.41, 5.74) is 0. The van der Waals surface area contributed by atoms with Crippen molar-refractivity contribution < 1.29 is 48.0 Å². The highest BCUT2D eigenvalue weighted by atomic mass is 16.7. The molecule has 0 aliphatic carbocycles. The lowest BCUT2D eigenvalue weighted by molar-refractivity contribution is -0.291. The van der Waals surface area contributed by atoms with E-state index < -0.39 is 54.6 Å². The van der Waals surface area contributed by atoms with Crippen molar-refractivity contribution in [2.45, 2.75) is 51.5 Å². The summed E-state index contributed by atoms with van der Waals surface area (Å²) < 4.78 is 24.2. The average Bonchev–Trinajstić information content (AvgIpc) is 2.43. The van der Waals surface area contributed by atoms with Gasteiger partial charge in [0.15, 0.2) is 18.3 Å². The van der Waals surface area contributed by atoms with Crippen molar-refractivity contribution in [3.05, 3.63) is 0 Å². The lowest BCUT2D eigenvalue weighted by atomic mass is 9.98. The third-order valence-corrected chi connectivity index (χ3v) is 2.84. The van der Waals surface area contributed by atoms with E-state index in [0.29, 0.717) is 0 Å². The molecule has 1 saturated heterocycles. The van der Waals surface area contributed by atoms with Crippen LogP contribution in [0.5, 0.6) is 0 Å². The maximum atomic E-state index is 11.8. The molecule has 0 aromatic carbocycles. The number of esters is 4. The van der Waals surface area contributed by atoms with E-state index in [-0.39, 0.29) is 0 Å². The molecule has 1 N–H and O–H groups in total. The first-order chi connectivity index (χ1) is 10.7. The molecule has 0 saturated carbocycles. The maximum absolute atomic E-state index is 11.8. The molecule has 1 fully saturated rings. The average molecular weight is 334 g/mol. The summed E-state index contributed by atoms with van der Waals surface area (Å²) >= 11 is 0. The third kappa shape index (κ3) is 4.89. The van der Waals surface area contributed by atoms with E-state index in [2.05, 4.69) is 4.74 Å². The van der Waals surface area contributed by atoms with Crippen LogP contribution in [0.3, 0.4) is 0 Å². The molecule has 0 spiro atoms. The van der Waals surface area contributed by atoms with Crippen LogP contribution >= 0.6 is 0 Å². The van der Waals surface area contributed by atoms with Gasteiger partial charge in [-0.25, -0.2) is 4.79 Å². The summed E-state index contributed by atoms with van der Waals surface area (Å²) in [4.78, 5) is 45.2. The van der Waals surface area contributed by atoms with Gasteiger partial charge in [0.2, 0.25) is 6.29 Å². The summed E-state index contributed by atoms with van der Waals surface area (Å²) in [6.07, 6.45) is -7.79. The van der Waals surface area contributed by atoms with Gasteiger partial charge in [-0.3, -0.25) is 14.4 Å². The normalized spacial score (nSPS) is 30.0. The first-order valence-corrected chi connectivity index (χ1v) is 6.60. The predicted octanol–water partition coefficient (Wildman–Crippen LogP) is -1.33. The third-order valence-electron chi connectivity index (χ3n) is 2.84. The van der Waals surface area contributed by atoms with Crippen LogP contribution in [-0.4, -0.2) is 66.8 Å². The molecule has 0 aromatic heterocycles. The number of aliphatic hydroxyl groups excluding tert-OH is 1. The molecular formula is C13H18O10. The van der Waals surface area contributed by atoms with Gasteiger partial charge in [-0.15, -0.1) is 0 Å². The predicted molar refractivity (Wildman–Crippen MR) is 69.6 cm³/mol. The fraction of sp³-hybridized carbons (Fsp3) is 0.692. The molecule has 1 heterocycles. The van der Waals surface area contributed by atoms with Crippen LogP contribution in [0, 0.1) is 0 Å². The SMILES string of the molecule is COC(=O)[C@H]1OC(OC(C)=O)[C@H](OC(C)=O)[C@@H](O)[C@@H]1OC(C)=O. The highest BCUT2D eigenvalue weighted by molar-refractivity contribution is 5.77. The molecule has 1 aliphatic rings. The molecule has 10 heteroatoms. The van der Waals surface area contributed by atoms with Gasteiger partial charge in [0.05, 0.1) is 7.11 Å². The van der Waals surface area contributed by atoms with Crippen LogP contribution in [0.15, 0.2) is 0 Å². The fourth-order valence-electron chi connectivity index (χ4n) is 2.03. The van der Waals surface area contributed by atoms with Crippen molar-refractivity contribution in [1.29, 1.82) is 0 Å². The number of carbonyl (C=O) groups is 4. The Hall–Kier alpha value is -2.20. The number of ether oxygens (including phenoxy) is 5. The zero-order valence-corrected chi connectivity index (χ0v) is 13.0. The second-order valence-corrected chi connectivity index (χ2v) is 4.70. The van der Waals surface area contributed by atoms with Crippen LogP contribution in [0.2, 0.25) is 0 Å². The fourth-order valence-corrected chi connectivity index (χ4v) is 2.03. The number of methoxy groups -OCH3 is 1. The number of hydrogen-bond acceptors (Lipinski definition) is 10. The van der Waals surface area contributed by atoms with Gasteiger partial charge < -0.3 is 28.8 Å². The highest BCUT2D eigenvalue weighted by Crippen LogP contribution is 2.27. The van der Waals surface area contributed by atoms with Crippen molar-refractivity contribution in [2.75, 3.05) is 7.11 Å². The number of carbonyl (C=O) groups excluding carboxylic acids is 4. The van der Waals surface area contributed by atoms with Gasteiger partial charge in [-0.1, -0.05) is 0 Å². The second-order valence-electron chi connectivity index (χ2n) is 4.70. The van der Waals surface area contributed by atoms with Crippen molar-refractivity contribution >= 4 is 23.9 Å². The van der Waals surface area contributed by atoms with Gasteiger partial charge in [-0.05, 0) is 0 Å². The molecule has 0 amide bonds. The second kappa shape index (κ2) is 7.88. The molecule has 1 unspecified atom stereocenters. The summed E-state index contributed by atoms with van der Waals surface area (Å²) in [7, 11) is 1.06. The van der Waals surface area contributed by atoms with Gasteiger partial charge in [0, 0.05) is 20.8 Å². The van der Waals surface area contributed by atoms with E-state index in [1.54, 1.807) is 0 Å². The van der Waals surface area contributed by atoms with Gasteiger partial charge >= 0.3 is 23.9 Å². The van der Waals surface area contributed by atoms with Gasteiger partial charge in [-0.2, -0.15) is 0 Å². The van der Waals surface area contributed by atoms with Crippen molar-refractivity contribution in [2.24, 2.45) is 0 Å². The Morgan fingerprint density at radius 1 is 0.870 bits per heavy atom. The van der Waals surface area contributed by atoms with Crippen molar-refractivity contribution in [3.8, 4) is 0 Å². The van der Waals surface area contributed by atoms with E-state index in [1.807, 2.05) is 0 Å². The van der Waals surface area contributed by atoms with Crippen LogP contribution in [0.25, 0.3) is 0 Å². The summed E-state index contributed by atoms with van der Waals surface area (Å²) in [5.74, 6) is -3.37. The Labute approximate surface area is 131 Å². The zero-order chi connectivity index (χ0) is 17.7. The molecule has 5 atom stereocenters. The number of aliphatic hydroxyl groups is 1. The molecule has 0 aromatic rings. The molecule has 1 aliphatic heterocycles. The Bertz CT molecular complexity index is 487. The molecule has 0 radical (unpaired) electrons. The van der Waals surface area contributed by atoms with Gasteiger partial charge in [0.25, 0.3) is 0 Å². The van der Waals surface area contributed by atoms with E-state index in [9.17, 15) is 24.3 Å². The monoisotopic (exact) mass is 334 g/mol. The lowest BCUT2D eigenvalue weighted by Gasteiger charge is -2.41. The smallest absolute Gasteiger partial charge is 0.339 e. The Kier molecular flexibility index (Phi) is 6.46. The van der Waals surface area contributed by atoms with Crippen LogP contribution in [-0.2, 0) is 42.9 Å². The van der Waals surface area contributed by atoms with E-state index >= 15 is 0 Å². The maximum Gasteiger partial charge on any atom is 0.339 e. The standard InChI is InChI=1S/C13H18O10/c1-5(14)20-9-8(17)10(21-6(2)15)13(22-7(3)16)23-11(9)12(18)19-4/h8-11,13,17H,1-4H3/t8-,9-,10+,11-,13?/m0/s1. The minimum absolute atomic E-state index is 0.797. The first kappa shape index (κ1) is 18.8. The first-order valence-electron chi connectivity index (χ1n) is 6.60. The Morgan fingerprint density at radius 2 is 1.35 bits per heavy atom. The Morgan fingerprint density at radius 3 is 1.78 bits per heavy atom. The van der Waals surface area contributed by atoms with Gasteiger partial charge in [0.1, 0.15) is 6.10 Å². The lowest BCUT2D eigenvalue weighted by Crippen LogP contribution is -2.62. The van der Waals surface area contributed by atoms with E-state index in [4.69, 9.17) is 18.9 Å². The van der Waals surface area contributed by atoms with Crippen LogP contribution < -0.4 is 0 Å². The number of rotatable bonds is 4. The largest absolute Gasteiger partial charge is 0.467 e. The van der Waals surface area contributed by atoms with Crippen LogP contribution in [0.4, 0.5) is 0 Å². The highest BCUT2D eigenvalue weighted by Gasteiger charge is 2.53. The summed E-state index contributed by atoms with van der Waals surface area (Å²) in [6, 6.07) is 0. The van der Waals surface area contributed by atoms with E-state index in [0.717, 1.165) is 27.9 Å². The summed E-state index contributed by atoms with van der Waals surface area (Å²) in [6.45, 7) is 3.18. The molecule has 23 heavy (non-hydrogen) atoms. The van der Waals surface area contributed by atoms with E-state index in [1.165, 1.54) is 0 Å². The Balaban J connectivity index is 3.14. The zero-order valence-electron chi connectivity index (χ0n) is 13.0. The topological polar surface area (TPSA) is 135 Å². The number of hydrogen-bond donors (Lipinski definition) is 1. The molecule has 10 nitrogen and oxygen atoms in total. The molecule has 0 bridgehead atoms. The van der Waals surface area contributed by atoms with Crippen LogP contribution in [0.1, 0.15) is 20.8 Å². The minimum atomic E-state index is -1.68.